The molecule has 0 spiro atoms. The predicted octanol–water partition coefficient (Wildman–Crippen LogP) is 1.05. The molecule has 0 saturated carbocycles. The van der Waals surface area contributed by atoms with E-state index in [2.05, 4.69) is 28.3 Å². The van der Waals surface area contributed by atoms with Crippen LogP contribution in [0.4, 0.5) is 5.69 Å². The second-order valence-electron chi connectivity index (χ2n) is 4.15. The van der Waals surface area contributed by atoms with Crippen molar-refractivity contribution in [2.75, 3.05) is 5.32 Å². The van der Waals surface area contributed by atoms with Gasteiger partial charge < -0.3 is 16.4 Å². The molecular weight excluding hydrogens is 274 g/mol. The van der Waals surface area contributed by atoms with Crippen molar-refractivity contribution >= 4 is 35.8 Å². The molecule has 1 unspecified atom stereocenters. The molecule has 0 aliphatic carbocycles. The third-order valence-corrected chi connectivity index (χ3v) is 2.89. The summed E-state index contributed by atoms with van der Waals surface area (Å²) in [6.07, 6.45) is 0. The van der Waals surface area contributed by atoms with E-state index in [0.29, 0.717) is 11.4 Å². The van der Waals surface area contributed by atoms with E-state index >= 15 is 0 Å². The van der Waals surface area contributed by atoms with Crippen molar-refractivity contribution in [3.63, 3.8) is 0 Å². The number of hydrogen-bond acceptors (Lipinski definition) is 6. The molecule has 4 N–H and O–H groups in total. The SMILES string of the molecule is CC(=O)Nc1ccc(C2=C(C#N)C(N)=NC(S)N2)cc1. The summed E-state index contributed by atoms with van der Waals surface area (Å²) < 4.78 is 0. The van der Waals surface area contributed by atoms with Gasteiger partial charge in [-0.05, 0) is 17.7 Å². The Labute approximate surface area is 121 Å². The van der Waals surface area contributed by atoms with Crippen molar-refractivity contribution in [1.29, 1.82) is 5.26 Å². The van der Waals surface area contributed by atoms with Gasteiger partial charge >= 0.3 is 0 Å². The molecule has 1 amide bonds. The first-order valence-electron chi connectivity index (χ1n) is 5.82. The number of carbonyl (C=O) groups is 1. The van der Waals surface area contributed by atoms with Crippen molar-refractivity contribution in [3.8, 4) is 6.07 Å². The Bertz CT molecular complexity index is 642. The van der Waals surface area contributed by atoms with Gasteiger partial charge in [-0.25, -0.2) is 4.99 Å². The van der Waals surface area contributed by atoms with Gasteiger partial charge in [0.05, 0.1) is 5.70 Å². The number of rotatable bonds is 2. The van der Waals surface area contributed by atoms with Crippen LogP contribution in [0.15, 0.2) is 34.8 Å². The van der Waals surface area contributed by atoms with Crippen molar-refractivity contribution in [1.82, 2.24) is 5.32 Å². The first-order chi connectivity index (χ1) is 9.51. The minimum Gasteiger partial charge on any atom is -0.383 e. The number of aliphatic imine (C=N–C) groups is 1. The van der Waals surface area contributed by atoms with Crippen LogP contribution in [-0.2, 0) is 4.79 Å². The van der Waals surface area contributed by atoms with Crippen LogP contribution in [0.25, 0.3) is 5.70 Å². The van der Waals surface area contributed by atoms with Crippen LogP contribution in [0.1, 0.15) is 12.5 Å². The number of nitrogens with zero attached hydrogens (tertiary/aromatic N) is 2. The highest BCUT2D eigenvalue weighted by atomic mass is 32.1. The molecule has 1 atom stereocenters. The highest BCUT2D eigenvalue weighted by Crippen LogP contribution is 2.23. The monoisotopic (exact) mass is 287 g/mol. The normalized spacial score (nSPS) is 17.9. The second kappa shape index (κ2) is 5.67. The zero-order chi connectivity index (χ0) is 14.7. The van der Waals surface area contributed by atoms with Gasteiger partial charge in [-0.3, -0.25) is 4.79 Å². The number of hydrogen-bond donors (Lipinski definition) is 4. The highest BCUT2D eigenvalue weighted by molar-refractivity contribution is 7.80. The Morgan fingerprint density at radius 1 is 1.50 bits per heavy atom. The topological polar surface area (TPSA) is 103 Å². The maximum absolute atomic E-state index is 11.0. The molecule has 0 bridgehead atoms. The molecule has 1 heterocycles. The van der Waals surface area contributed by atoms with E-state index in [1.165, 1.54) is 6.92 Å². The van der Waals surface area contributed by atoms with Gasteiger partial charge in [0.2, 0.25) is 5.91 Å². The number of nitrogens with two attached hydrogens (primary N) is 1. The molecule has 1 aliphatic rings. The summed E-state index contributed by atoms with van der Waals surface area (Å²) in [6, 6.07) is 9.08. The van der Waals surface area contributed by atoms with Crippen LogP contribution in [0.2, 0.25) is 0 Å². The maximum atomic E-state index is 11.0. The van der Waals surface area contributed by atoms with E-state index < -0.39 is 5.50 Å². The number of amides is 1. The highest BCUT2D eigenvalue weighted by Gasteiger charge is 2.20. The quantitative estimate of drug-likeness (QED) is 0.610. The summed E-state index contributed by atoms with van der Waals surface area (Å²) >= 11 is 4.20. The zero-order valence-electron chi connectivity index (χ0n) is 10.7. The van der Waals surface area contributed by atoms with Gasteiger partial charge in [0.25, 0.3) is 0 Å². The number of nitriles is 1. The van der Waals surface area contributed by atoms with E-state index in [-0.39, 0.29) is 17.3 Å². The van der Waals surface area contributed by atoms with E-state index in [1.807, 2.05) is 6.07 Å². The van der Waals surface area contributed by atoms with E-state index in [1.54, 1.807) is 24.3 Å². The van der Waals surface area contributed by atoms with Gasteiger partial charge in [0, 0.05) is 12.6 Å². The summed E-state index contributed by atoms with van der Waals surface area (Å²) in [4.78, 5) is 14.9. The molecule has 20 heavy (non-hydrogen) atoms. The molecule has 0 fully saturated rings. The fourth-order valence-electron chi connectivity index (χ4n) is 1.82. The largest absolute Gasteiger partial charge is 0.383 e. The number of nitrogens with one attached hydrogen (secondary N) is 2. The van der Waals surface area contributed by atoms with E-state index in [9.17, 15) is 4.79 Å². The molecule has 102 valence electrons. The number of thiol groups is 1. The van der Waals surface area contributed by atoms with Crippen molar-refractivity contribution in [2.45, 2.75) is 12.4 Å². The average molecular weight is 287 g/mol. The van der Waals surface area contributed by atoms with Crippen LogP contribution in [0.3, 0.4) is 0 Å². The second-order valence-corrected chi connectivity index (χ2v) is 4.64. The van der Waals surface area contributed by atoms with Crippen LogP contribution in [-0.4, -0.2) is 17.2 Å². The summed E-state index contributed by atoms with van der Waals surface area (Å²) in [6.45, 7) is 1.44. The number of carbonyl (C=O) groups excluding carboxylic acids is 1. The Morgan fingerprint density at radius 2 is 2.15 bits per heavy atom. The fraction of sp³-hybridized carbons (Fsp3) is 0.154. The molecule has 1 aromatic carbocycles. The van der Waals surface area contributed by atoms with Gasteiger partial charge in [-0.1, -0.05) is 12.1 Å². The fourth-order valence-corrected chi connectivity index (χ4v) is 2.08. The lowest BCUT2D eigenvalue weighted by molar-refractivity contribution is -0.114. The third kappa shape index (κ3) is 2.92. The first kappa shape index (κ1) is 14.0. The molecular formula is C13H13N5OS. The Morgan fingerprint density at radius 3 is 2.70 bits per heavy atom. The zero-order valence-corrected chi connectivity index (χ0v) is 11.6. The van der Waals surface area contributed by atoms with Gasteiger partial charge in [0.1, 0.15) is 17.5 Å². The van der Waals surface area contributed by atoms with Gasteiger partial charge in [0.15, 0.2) is 5.50 Å². The summed E-state index contributed by atoms with van der Waals surface area (Å²) in [5, 5.41) is 14.8. The number of benzene rings is 1. The van der Waals surface area contributed by atoms with Crippen LogP contribution in [0.5, 0.6) is 0 Å². The predicted molar refractivity (Wildman–Crippen MR) is 80.8 cm³/mol. The summed E-state index contributed by atoms with van der Waals surface area (Å²) in [5.41, 5.74) is 7.55. The number of amidine groups is 1. The van der Waals surface area contributed by atoms with Gasteiger partial charge in [-0.2, -0.15) is 5.26 Å². The molecule has 1 aromatic rings. The minimum absolute atomic E-state index is 0.141. The molecule has 6 nitrogen and oxygen atoms in total. The molecule has 7 heteroatoms. The van der Waals surface area contributed by atoms with Crippen molar-refractivity contribution < 1.29 is 4.79 Å². The Kier molecular flexibility index (Phi) is 3.96. The lowest BCUT2D eigenvalue weighted by Crippen LogP contribution is -2.33. The Balaban J connectivity index is 2.37. The lowest BCUT2D eigenvalue weighted by Gasteiger charge is -2.21. The molecule has 0 aromatic heterocycles. The summed E-state index contributed by atoms with van der Waals surface area (Å²) in [5.74, 6) is 0.0180. The first-order valence-corrected chi connectivity index (χ1v) is 6.33. The lowest BCUT2D eigenvalue weighted by atomic mass is 10.0. The van der Waals surface area contributed by atoms with Crippen LogP contribution < -0.4 is 16.4 Å². The number of anilines is 1. The van der Waals surface area contributed by atoms with Crippen molar-refractivity contribution in [3.05, 3.63) is 35.4 Å². The van der Waals surface area contributed by atoms with E-state index in [4.69, 9.17) is 11.0 Å². The maximum Gasteiger partial charge on any atom is 0.221 e. The molecule has 1 aliphatic heterocycles. The Hall–Kier alpha value is -2.46. The van der Waals surface area contributed by atoms with Crippen LogP contribution in [0, 0.1) is 11.3 Å². The molecule has 2 rings (SSSR count). The molecule has 0 saturated heterocycles. The molecule has 0 radical (unpaired) electrons. The standard InChI is InChI=1S/C13H13N5OS/c1-7(19)16-9-4-2-8(3-5-9)11-10(6-14)12(15)18-13(20)17-11/h2-5,13,17,20H,1H3,(H2,15,18)(H,16,19). The third-order valence-electron chi connectivity index (χ3n) is 2.65. The van der Waals surface area contributed by atoms with E-state index in [0.717, 1.165) is 5.56 Å². The minimum atomic E-state index is -0.489. The average Bonchev–Trinajstić information content (AvgIpc) is 2.38. The smallest absolute Gasteiger partial charge is 0.221 e. The van der Waals surface area contributed by atoms with Crippen molar-refractivity contribution in [2.24, 2.45) is 10.7 Å². The van der Waals surface area contributed by atoms with Crippen LogP contribution >= 0.6 is 12.6 Å². The summed E-state index contributed by atoms with van der Waals surface area (Å²) in [7, 11) is 0. The van der Waals surface area contributed by atoms with Gasteiger partial charge in [-0.15, -0.1) is 12.6 Å².